The van der Waals surface area contributed by atoms with E-state index >= 15 is 0 Å². The van der Waals surface area contributed by atoms with Gasteiger partial charge in [-0.2, -0.15) is 5.10 Å². The monoisotopic (exact) mass is 263 g/mol. The summed E-state index contributed by atoms with van der Waals surface area (Å²) in [6.45, 7) is 1.38. The Hall–Kier alpha value is -2.21. The van der Waals surface area contributed by atoms with Crippen LogP contribution >= 0.6 is 0 Å². The molecule has 0 saturated carbocycles. The number of esters is 1. The number of carbonyl (C=O) groups is 2. The van der Waals surface area contributed by atoms with Gasteiger partial charge >= 0.3 is 5.97 Å². The smallest absolute Gasteiger partial charge is 0.322 e. The summed E-state index contributed by atoms with van der Waals surface area (Å²) in [5, 5.41) is 3.75. The van der Waals surface area contributed by atoms with Gasteiger partial charge in [0.2, 0.25) is 5.91 Å². The summed E-state index contributed by atoms with van der Waals surface area (Å²) < 4.78 is 4.56. The number of hydrazone groups is 1. The van der Waals surface area contributed by atoms with Crippen LogP contribution in [0.25, 0.3) is 0 Å². The fourth-order valence-electron chi connectivity index (χ4n) is 1.43. The second-order valence-corrected chi connectivity index (χ2v) is 4.00. The molecule has 0 spiro atoms. The average molecular weight is 263 g/mol. The molecule has 0 aromatic heterocycles. The Morgan fingerprint density at radius 3 is 2.58 bits per heavy atom. The highest BCUT2D eigenvalue weighted by molar-refractivity contribution is 5.81. The van der Waals surface area contributed by atoms with Crippen molar-refractivity contribution in [2.24, 2.45) is 10.8 Å². The number of rotatable bonds is 5. The van der Waals surface area contributed by atoms with E-state index in [4.69, 9.17) is 5.73 Å². The number of nitrogens with one attached hydrogen (secondary N) is 1. The summed E-state index contributed by atoms with van der Waals surface area (Å²) in [6.07, 6.45) is 1.95. The maximum Gasteiger partial charge on any atom is 0.322 e. The maximum atomic E-state index is 11.2. The van der Waals surface area contributed by atoms with Crippen LogP contribution < -0.4 is 11.2 Å². The number of benzene rings is 1. The standard InChI is InChI=1S/C13H17N3O3/c1-9(17)16-15-8-11-5-3-10(4-6-11)7-12(14)13(18)19-2/h3-6,8,12H,7,14H2,1-2H3,(H,16,17)/b15-8+. The lowest BCUT2D eigenvalue weighted by Crippen LogP contribution is -2.33. The highest BCUT2D eigenvalue weighted by atomic mass is 16.5. The lowest BCUT2D eigenvalue weighted by atomic mass is 10.1. The molecule has 1 atom stereocenters. The quantitative estimate of drug-likeness (QED) is 0.451. The topological polar surface area (TPSA) is 93.8 Å². The Kier molecular flexibility index (Phi) is 5.69. The van der Waals surface area contributed by atoms with E-state index in [0.29, 0.717) is 6.42 Å². The molecule has 0 aliphatic carbocycles. The van der Waals surface area contributed by atoms with Crippen LogP contribution in [-0.2, 0) is 20.7 Å². The largest absolute Gasteiger partial charge is 0.468 e. The van der Waals surface area contributed by atoms with Crippen LogP contribution in [0.1, 0.15) is 18.1 Å². The molecule has 1 unspecified atom stereocenters. The molecule has 1 amide bonds. The molecule has 1 aromatic carbocycles. The van der Waals surface area contributed by atoms with Crippen LogP contribution in [0, 0.1) is 0 Å². The Morgan fingerprint density at radius 1 is 1.42 bits per heavy atom. The number of hydrogen-bond acceptors (Lipinski definition) is 5. The first kappa shape index (κ1) is 14.8. The van der Waals surface area contributed by atoms with Gasteiger partial charge < -0.3 is 10.5 Å². The molecule has 1 aromatic rings. The van der Waals surface area contributed by atoms with Gasteiger partial charge in [-0.15, -0.1) is 0 Å². The molecular weight excluding hydrogens is 246 g/mol. The Morgan fingerprint density at radius 2 is 2.05 bits per heavy atom. The minimum Gasteiger partial charge on any atom is -0.468 e. The Bertz CT molecular complexity index is 469. The summed E-state index contributed by atoms with van der Waals surface area (Å²) >= 11 is 0. The van der Waals surface area contributed by atoms with Gasteiger partial charge in [0.05, 0.1) is 13.3 Å². The fourth-order valence-corrected chi connectivity index (χ4v) is 1.43. The number of nitrogens with zero attached hydrogens (tertiary/aromatic N) is 1. The molecule has 19 heavy (non-hydrogen) atoms. The Labute approximate surface area is 111 Å². The summed E-state index contributed by atoms with van der Waals surface area (Å²) in [6, 6.07) is 6.68. The Balaban J connectivity index is 2.59. The van der Waals surface area contributed by atoms with E-state index < -0.39 is 12.0 Å². The minimum absolute atomic E-state index is 0.225. The van der Waals surface area contributed by atoms with Crippen LogP contribution in [-0.4, -0.2) is 31.2 Å². The van der Waals surface area contributed by atoms with E-state index in [2.05, 4.69) is 15.3 Å². The zero-order chi connectivity index (χ0) is 14.3. The van der Waals surface area contributed by atoms with Crippen molar-refractivity contribution in [3.63, 3.8) is 0 Å². The maximum absolute atomic E-state index is 11.2. The molecule has 3 N–H and O–H groups in total. The molecule has 0 fully saturated rings. The summed E-state index contributed by atoms with van der Waals surface area (Å²) in [5.74, 6) is -0.659. The minimum atomic E-state index is -0.663. The highest BCUT2D eigenvalue weighted by Gasteiger charge is 2.13. The summed E-state index contributed by atoms with van der Waals surface area (Å²) in [4.78, 5) is 21.8. The normalized spacial score (nSPS) is 12.2. The third-order valence-corrected chi connectivity index (χ3v) is 2.37. The number of nitrogens with two attached hydrogens (primary N) is 1. The van der Waals surface area contributed by atoms with Crippen LogP contribution in [0.5, 0.6) is 0 Å². The van der Waals surface area contributed by atoms with Crippen LogP contribution in [0.2, 0.25) is 0 Å². The van der Waals surface area contributed by atoms with E-state index in [1.165, 1.54) is 20.2 Å². The van der Waals surface area contributed by atoms with Gasteiger partial charge in [-0.25, -0.2) is 5.43 Å². The highest BCUT2D eigenvalue weighted by Crippen LogP contribution is 2.05. The van der Waals surface area contributed by atoms with E-state index in [9.17, 15) is 9.59 Å². The van der Waals surface area contributed by atoms with Gasteiger partial charge in [-0.3, -0.25) is 9.59 Å². The SMILES string of the molecule is COC(=O)C(N)Cc1ccc(/C=N/NC(C)=O)cc1. The molecule has 0 aliphatic heterocycles. The van der Waals surface area contributed by atoms with Gasteiger partial charge in [0.15, 0.2) is 0 Å². The van der Waals surface area contributed by atoms with Crippen molar-refractivity contribution >= 4 is 18.1 Å². The number of carbonyl (C=O) groups excluding carboxylic acids is 2. The predicted molar refractivity (Wildman–Crippen MR) is 71.5 cm³/mol. The van der Waals surface area contributed by atoms with Crippen molar-refractivity contribution < 1.29 is 14.3 Å². The van der Waals surface area contributed by atoms with E-state index in [-0.39, 0.29) is 5.91 Å². The van der Waals surface area contributed by atoms with Crippen molar-refractivity contribution in [3.8, 4) is 0 Å². The zero-order valence-corrected chi connectivity index (χ0v) is 10.9. The molecule has 0 radical (unpaired) electrons. The first-order valence-corrected chi connectivity index (χ1v) is 5.75. The van der Waals surface area contributed by atoms with Crippen molar-refractivity contribution in [3.05, 3.63) is 35.4 Å². The second kappa shape index (κ2) is 7.27. The van der Waals surface area contributed by atoms with Crippen LogP contribution in [0.4, 0.5) is 0 Å². The molecule has 0 heterocycles. The van der Waals surface area contributed by atoms with Crippen molar-refractivity contribution in [2.45, 2.75) is 19.4 Å². The molecule has 1 rings (SSSR count). The van der Waals surface area contributed by atoms with Gasteiger partial charge in [-0.1, -0.05) is 24.3 Å². The molecule has 6 heteroatoms. The number of methoxy groups -OCH3 is 1. The number of ether oxygens (including phenoxy) is 1. The van der Waals surface area contributed by atoms with Gasteiger partial charge in [-0.05, 0) is 17.5 Å². The molecule has 0 saturated heterocycles. The third-order valence-electron chi connectivity index (χ3n) is 2.37. The summed E-state index contributed by atoms with van der Waals surface area (Å²) in [7, 11) is 1.31. The zero-order valence-electron chi connectivity index (χ0n) is 10.9. The predicted octanol–water partition coefficient (Wildman–Crippen LogP) is 0.199. The molecule has 102 valence electrons. The lowest BCUT2D eigenvalue weighted by Gasteiger charge is -2.09. The fraction of sp³-hybridized carbons (Fsp3) is 0.308. The lowest BCUT2D eigenvalue weighted by molar-refractivity contribution is -0.142. The van der Waals surface area contributed by atoms with Crippen LogP contribution in [0.15, 0.2) is 29.4 Å². The van der Waals surface area contributed by atoms with Gasteiger partial charge in [0, 0.05) is 6.92 Å². The first-order chi connectivity index (χ1) is 9.02. The first-order valence-electron chi connectivity index (χ1n) is 5.75. The third kappa shape index (κ3) is 5.31. The van der Waals surface area contributed by atoms with Gasteiger partial charge in [0.25, 0.3) is 0 Å². The van der Waals surface area contributed by atoms with Crippen molar-refractivity contribution in [1.82, 2.24) is 5.43 Å². The van der Waals surface area contributed by atoms with Crippen LogP contribution in [0.3, 0.4) is 0 Å². The summed E-state index contributed by atoms with van der Waals surface area (Å²) in [5.41, 5.74) is 9.74. The average Bonchev–Trinajstić information content (AvgIpc) is 2.39. The van der Waals surface area contributed by atoms with E-state index in [0.717, 1.165) is 11.1 Å². The van der Waals surface area contributed by atoms with E-state index in [1.807, 2.05) is 24.3 Å². The molecule has 0 bridgehead atoms. The van der Waals surface area contributed by atoms with Gasteiger partial charge in [0.1, 0.15) is 6.04 Å². The number of amides is 1. The second-order valence-electron chi connectivity index (χ2n) is 4.00. The number of hydrogen-bond donors (Lipinski definition) is 2. The van der Waals surface area contributed by atoms with Crippen molar-refractivity contribution in [1.29, 1.82) is 0 Å². The van der Waals surface area contributed by atoms with E-state index in [1.54, 1.807) is 0 Å². The molecule has 6 nitrogen and oxygen atoms in total. The molecule has 0 aliphatic rings. The molecular formula is C13H17N3O3. The van der Waals surface area contributed by atoms with Crippen molar-refractivity contribution in [2.75, 3.05) is 7.11 Å².